The van der Waals surface area contributed by atoms with Gasteiger partial charge in [0.1, 0.15) is 0 Å². The van der Waals surface area contributed by atoms with Crippen molar-refractivity contribution in [3.8, 4) is 0 Å². The van der Waals surface area contributed by atoms with E-state index < -0.39 is 0 Å². The molecule has 1 aromatic carbocycles. The molecule has 0 N–H and O–H groups in total. The first kappa shape index (κ1) is 9.58. The third-order valence-electron chi connectivity index (χ3n) is 1.95. The molecule has 3 nitrogen and oxygen atoms in total. The van der Waals surface area contributed by atoms with Gasteiger partial charge < -0.3 is 4.42 Å². The number of aryl methyl sites for hydroxylation is 2. The van der Waals surface area contributed by atoms with Crippen LogP contribution >= 0.6 is 0 Å². The van der Waals surface area contributed by atoms with Crippen LogP contribution < -0.4 is 5.76 Å². The van der Waals surface area contributed by atoms with E-state index in [0.717, 1.165) is 11.1 Å². The maximum absolute atomic E-state index is 11.0. The summed E-state index contributed by atoms with van der Waals surface area (Å²) < 4.78 is 6.46. The van der Waals surface area contributed by atoms with E-state index >= 15 is 0 Å². The predicted octanol–water partition coefficient (Wildman–Crippen LogP) is 2.08. The van der Waals surface area contributed by atoms with Crippen molar-refractivity contribution in [2.45, 2.75) is 14.4 Å². The lowest BCUT2D eigenvalue weighted by atomic mass is 10.2. The molecule has 2 aromatic rings. The van der Waals surface area contributed by atoms with E-state index in [1.807, 2.05) is 25.1 Å². The van der Waals surface area contributed by atoms with Crippen LogP contribution in [-0.2, 0) is 7.05 Å². The van der Waals surface area contributed by atoms with Gasteiger partial charge in [0.2, 0.25) is 0 Å². The van der Waals surface area contributed by atoms with Crippen LogP contribution in [0.3, 0.4) is 0 Å². The van der Waals surface area contributed by atoms with Crippen molar-refractivity contribution >= 4 is 11.1 Å². The molecular weight excluding hydrogens is 166 g/mol. The van der Waals surface area contributed by atoms with Crippen LogP contribution in [0, 0.1) is 6.92 Å². The molecule has 70 valence electrons. The highest BCUT2D eigenvalue weighted by molar-refractivity contribution is 5.73. The zero-order chi connectivity index (χ0) is 8.72. The highest BCUT2D eigenvalue weighted by atomic mass is 16.4. The molecule has 0 saturated heterocycles. The molecule has 0 spiro atoms. The average Bonchev–Trinajstić information content (AvgIpc) is 2.31. The normalized spacial score (nSPS) is 10.0. The highest BCUT2D eigenvalue weighted by Crippen LogP contribution is 2.12. The number of oxazole rings is 1. The van der Waals surface area contributed by atoms with Gasteiger partial charge in [-0.1, -0.05) is 13.5 Å². The Labute approximate surface area is 76.6 Å². The van der Waals surface area contributed by atoms with Crippen molar-refractivity contribution in [3.63, 3.8) is 0 Å². The van der Waals surface area contributed by atoms with E-state index in [4.69, 9.17) is 4.42 Å². The maximum Gasteiger partial charge on any atom is 0.419 e. The number of nitrogens with zero attached hydrogens (tertiary/aromatic N) is 1. The largest absolute Gasteiger partial charge is 0.419 e. The smallest absolute Gasteiger partial charge is 0.408 e. The van der Waals surface area contributed by atoms with Crippen molar-refractivity contribution in [1.82, 2.24) is 4.57 Å². The Morgan fingerprint density at radius 1 is 1.38 bits per heavy atom. The lowest BCUT2D eigenvalue weighted by Gasteiger charge is -1.92. The fraction of sp³-hybridized carbons (Fsp3) is 0.300. The van der Waals surface area contributed by atoms with Crippen molar-refractivity contribution in [2.75, 3.05) is 0 Å². The van der Waals surface area contributed by atoms with Gasteiger partial charge in [0.25, 0.3) is 0 Å². The van der Waals surface area contributed by atoms with Crippen molar-refractivity contribution < 1.29 is 4.42 Å². The Hall–Kier alpha value is -1.51. The summed E-state index contributed by atoms with van der Waals surface area (Å²) in [6.45, 7) is 1.98. The molecular formula is C10H13NO2. The Balaban J connectivity index is 0.000000845. The fourth-order valence-electron chi connectivity index (χ4n) is 1.24. The van der Waals surface area contributed by atoms with Crippen LogP contribution in [0.1, 0.15) is 13.0 Å². The lowest BCUT2D eigenvalue weighted by molar-refractivity contribution is 0.528. The first-order valence-corrected chi connectivity index (χ1v) is 3.74. The number of aromatic nitrogens is 1. The van der Waals surface area contributed by atoms with E-state index in [0.29, 0.717) is 5.58 Å². The van der Waals surface area contributed by atoms with Gasteiger partial charge in [-0.05, 0) is 24.6 Å². The summed E-state index contributed by atoms with van der Waals surface area (Å²) >= 11 is 0. The maximum atomic E-state index is 11.0. The van der Waals surface area contributed by atoms with E-state index in [1.165, 1.54) is 4.57 Å². The van der Waals surface area contributed by atoms with Crippen LogP contribution in [0.15, 0.2) is 27.4 Å². The number of hydrogen-bond donors (Lipinski definition) is 0. The Morgan fingerprint density at radius 3 is 2.77 bits per heavy atom. The minimum Gasteiger partial charge on any atom is -0.408 e. The van der Waals surface area contributed by atoms with Gasteiger partial charge in [-0.15, -0.1) is 0 Å². The van der Waals surface area contributed by atoms with Crippen molar-refractivity contribution in [2.24, 2.45) is 7.05 Å². The van der Waals surface area contributed by atoms with Crippen LogP contribution in [0.4, 0.5) is 0 Å². The van der Waals surface area contributed by atoms with Gasteiger partial charge in [0.05, 0.1) is 5.52 Å². The Kier molecular flexibility index (Phi) is 2.28. The Bertz CT molecular complexity index is 479. The van der Waals surface area contributed by atoms with Crippen molar-refractivity contribution in [1.29, 1.82) is 0 Å². The molecule has 0 atom stereocenters. The second kappa shape index (κ2) is 3.09. The van der Waals surface area contributed by atoms with Crippen molar-refractivity contribution in [3.05, 3.63) is 34.3 Å². The second-order valence-corrected chi connectivity index (χ2v) is 2.90. The number of rotatable bonds is 0. The highest BCUT2D eigenvalue weighted by Gasteiger charge is 2.03. The van der Waals surface area contributed by atoms with Gasteiger partial charge in [-0.2, -0.15) is 0 Å². The minimum atomic E-state index is -0.310. The molecule has 0 fully saturated rings. The van der Waals surface area contributed by atoms with Crippen LogP contribution in [0.5, 0.6) is 0 Å². The molecule has 3 heteroatoms. The summed E-state index contributed by atoms with van der Waals surface area (Å²) in [5.41, 5.74) is 2.62. The summed E-state index contributed by atoms with van der Waals surface area (Å²) in [5, 5.41) is 0. The van der Waals surface area contributed by atoms with Gasteiger partial charge in [0, 0.05) is 7.05 Å². The molecule has 1 aromatic heterocycles. The molecule has 0 saturated carbocycles. The molecule has 13 heavy (non-hydrogen) atoms. The summed E-state index contributed by atoms with van der Waals surface area (Å²) in [4.78, 5) is 11.0. The molecule has 0 aliphatic heterocycles. The molecule has 1 heterocycles. The van der Waals surface area contributed by atoms with Gasteiger partial charge in [-0.3, -0.25) is 4.57 Å². The first-order chi connectivity index (χ1) is 5.68. The second-order valence-electron chi connectivity index (χ2n) is 2.90. The molecule has 0 bridgehead atoms. The van der Waals surface area contributed by atoms with Gasteiger partial charge >= 0.3 is 5.76 Å². The topological polar surface area (TPSA) is 35.1 Å². The summed E-state index contributed by atoms with van der Waals surface area (Å²) in [6.07, 6.45) is 0. The molecule has 2 rings (SSSR count). The van der Waals surface area contributed by atoms with E-state index in [9.17, 15) is 4.79 Å². The van der Waals surface area contributed by atoms with E-state index in [-0.39, 0.29) is 13.2 Å². The minimum absolute atomic E-state index is 0. The number of fused-ring (bicyclic) bond motifs is 1. The number of hydrogen-bond acceptors (Lipinski definition) is 2. The summed E-state index contributed by atoms with van der Waals surface area (Å²) in [6, 6.07) is 5.66. The zero-order valence-electron chi connectivity index (χ0n) is 7.00. The Morgan fingerprint density at radius 2 is 2.08 bits per heavy atom. The summed E-state index contributed by atoms with van der Waals surface area (Å²) in [5.74, 6) is -0.310. The average molecular weight is 179 g/mol. The SMILES string of the molecule is C.Cc1ccc2oc(=O)n(C)c2c1. The van der Waals surface area contributed by atoms with E-state index in [2.05, 4.69) is 0 Å². The quantitative estimate of drug-likeness (QED) is 0.620. The van der Waals surface area contributed by atoms with Gasteiger partial charge in [-0.25, -0.2) is 4.79 Å². The number of benzene rings is 1. The fourth-order valence-corrected chi connectivity index (χ4v) is 1.24. The molecule has 0 aliphatic carbocycles. The lowest BCUT2D eigenvalue weighted by Crippen LogP contribution is -2.08. The zero-order valence-corrected chi connectivity index (χ0v) is 7.00. The predicted molar refractivity (Wildman–Crippen MR) is 52.9 cm³/mol. The third kappa shape index (κ3) is 1.37. The summed E-state index contributed by atoms with van der Waals surface area (Å²) in [7, 11) is 1.70. The standard InChI is InChI=1S/C9H9NO2.CH4/c1-6-3-4-8-7(5-6)10(2)9(11)12-8;/h3-5H,1-2H3;1H4. The van der Waals surface area contributed by atoms with Crippen LogP contribution in [0.2, 0.25) is 0 Å². The molecule has 0 amide bonds. The first-order valence-electron chi connectivity index (χ1n) is 3.74. The van der Waals surface area contributed by atoms with Crippen LogP contribution in [0.25, 0.3) is 11.1 Å². The van der Waals surface area contributed by atoms with E-state index in [1.54, 1.807) is 7.05 Å². The van der Waals surface area contributed by atoms with Gasteiger partial charge in [0.15, 0.2) is 5.58 Å². The third-order valence-corrected chi connectivity index (χ3v) is 1.95. The molecule has 0 aliphatic rings. The molecule has 0 unspecified atom stereocenters. The molecule has 0 radical (unpaired) electrons. The monoisotopic (exact) mass is 179 g/mol. The van der Waals surface area contributed by atoms with Crippen LogP contribution in [-0.4, -0.2) is 4.57 Å².